The smallest absolute Gasteiger partial charge is 0.186 e. The average molecular weight is 205 g/mol. The van der Waals surface area contributed by atoms with Crippen LogP contribution in [0.1, 0.15) is 5.56 Å². The van der Waals surface area contributed by atoms with E-state index in [1.807, 2.05) is 0 Å². The molecule has 3 N–H and O–H groups in total. The molecule has 0 aliphatic heterocycles. The highest BCUT2D eigenvalue weighted by molar-refractivity contribution is 8.93. The van der Waals surface area contributed by atoms with Crippen LogP contribution >= 0.6 is 17.0 Å². The van der Waals surface area contributed by atoms with E-state index in [0.717, 1.165) is 0 Å². The molecule has 0 spiro atoms. The molecule has 1 aromatic rings. The molecule has 0 aliphatic carbocycles. The molecule has 0 radical (unpaired) electrons. The van der Waals surface area contributed by atoms with Gasteiger partial charge in [-0.2, -0.15) is 0 Å². The zero-order valence-electron chi connectivity index (χ0n) is 5.55. The molecule has 3 nitrogen and oxygen atoms in total. The van der Waals surface area contributed by atoms with Gasteiger partial charge in [0, 0.05) is 17.8 Å². The number of nitrogens with two attached hydrogens (primary N) is 1. The Morgan fingerprint density at radius 3 is 2.60 bits per heavy atom. The van der Waals surface area contributed by atoms with Crippen molar-refractivity contribution in [1.82, 2.24) is 4.98 Å². The van der Waals surface area contributed by atoms with Gasteiger partial charge in [0.05, 0.1) is 0 Å². The summed E-state index contributed by atoms with van der Waals surface area (Å²) in [6.07, 6.45) is 1.53. The number of nitrogens with one attached hydrogen (secondary N) is 1. The largest absolute Gasteiger partial charge is 0.385 e. The fraction of sp³-hybridized carbons (Fsp3) is 0.167. The summed E-state index contributed by atoms with van der Waals surface area (Å²) in [7, 11) is 0. The van der Waals surface area contributed by atoms with E-state index in [0.29, 0.717) is 11.4 Å². The highest BCUT2D eigenvalue weighted by Gasteiger charge is 1.93. The van der Waals surface area contributed by atoms with E-state index in [-0.39, 0.29) is 22.4 Å². The number of nitrogen functional groups attached to an aromatic ring is 1. The minimum Gasteiger partial charge on any atom is -0.385 e. The molecule has 0 aromatic carbocycles. The highest BCUT2D eigenvalue weighted by Crippen LogP contribution is 1.95. The molecule has 56 valence electrons. The maximum Gasteiger partial charge on any atom is 0.186 e. The molecule has 1 heterocycles. The van der Waals surface area contributed by atoms with E-state index in [2.05, 4.69) is 4.98 Å². The summed E-state index contributed by atoms with van der Waals surface area (Å²) in [5, 5.41) is 0. The first kappa shape index (κ1) is 9.23. The summed E-state index contributed by atoms with van der Waals surface area (Å²) in [5.41, 5.74) is 5.92. The van der Waals surface area contributed by atoms with E-state index < -0.39 is 0 Å². The molecular formula is C6H9BrN2O. The van der Waals surface area contributed by atoms with Crippen LogP contribution in [0.25, 0.3) is 0 Å². The molecule has 0 aliphatic rings. The van der Waals surface area contributed by atoms with Gasteiger partial charge < -0.3 is 10.7 Å². The molecule has 0 atom stereocenters. The Kier molecular flexibility index (Phi) is 3.15. The monoisotopic (exact) mass is 204 g/mol. The molecule has 0 saturated carbocycles. The van der Waals surface area contributed by atoms with Crippen molar-refractivity contribution in [2.24, 2.45) is 0 Å². The summed E-state index contributed by atoms with van der Waals surface area (Å²) in [6.45, 7) is 1.69. The lowest BCUT2D eigenvalue weighted by Crippen LogP contribution is -2.07. The summed E-state index contributed by atoms with van der Waals surface area (Å²) in [6, 6.07) is 1.45. The number of pyridine rings is 1. The minimum absolute atomic E-state index is 0. The van der Waals surface area contributed by atoms with Gasteiger partial charge in [-0.15, -0.1) is 17.0 Å². The van der Waals surface area contributed by atoms with Crippen LogP contribution in [-0.4, -0.2) is 4.98 Å². The van der Waals surface area contributed by atoms with E-state index in [4.69, 9.17) is 5.73 Å². The standard InChI is InChI=1S/C6H8N2O.BrH/c1-4-5(9)2-3-8-6(4)7;/h2-3H,1H3,(H3,7,8,9);1H. The Bertz CT molecular complexity index is 269. The quantitative estimate of drug-likeness (QED) is 0.659. The Morgan fingerprint density at radius 2 is 2.20 bits per heavy atom. The van der Waals surface area contributed by atoms with Crippen LogP contribution in [0.5, 0.6) is 0 Å². The number of halogens is 1. The van der Waals surface area contributed by atoms with Gasteiger partial charge in [-0.25, -0.2) is 0 Å². The van der Waals surface area contributed by atoms with Crippen LogP contribution in [0.2, 0.25) is 0 Å². The SMILES string of the molecule is Br.Cc1c(N)[nH]ccc1=O. The molecular weight excluding hydrogens is 196 g/mol. The number of rotatable bonds is 0. The lowest BCUT2D eigenvalue weighted by molar-refractivity contribution is 1.25. The number of aromatic nitrogens is 1. The first-order valence-electron chi connectivity index (χ1n) is 2.65. The Balaban J connectivity index is 0.000000810. The van der Waals surface area contributed by atoms with Gasteiger partial charge in [0.25, 0.3) is 0 Å². The van der Waals surface area contributed by atoms with Crippen molar-refractivity contribution in [2.75, 3.05) is 5.73 Å². The maximum absolute atomic E-state index is 10.7. The van der Waals surface area contributed by atoms with Crippen LogP contribution in [0.3, 0.4) is 0 Å². The number of aromatic amines is 1. The summed E-state index contributed by atoms with van der Waals surface area (Å²) < 4.78 is 0. The van der Waals surface area contributed by atoms with E-state index in [1.165, 1.54) is 12.3 Å². The topological polar surface area (TPSA) is 58.9 Å². The fourth-order valence-electron chi connectivity index (χ4n) is 0.573. The molecule has 0 unspecified atom stereocenters. The Labute approximate surface area is 69.0 Å². The second-order valence-corrected chi connectivity index (χ2v) is 1.88. The third-order valence-corrected chi connectivity index (χ3v) is 1.25. The van der Waals surface area contributed by atoms with Gasteiger partial charge in [-0.05, 0) is 6.92 Å². The van der Waals surface area contributed by atoms with Crippen LogP contribution in [0.15, 0.2) is 17.1 Å². The van der Waals surface area contributed by atoms with Crippen molar-refractivity contribution < 1.29 is 0 Å². The maximum atomic E-state index is 10.7. The number of anilines is 1. The minimum atomic E-state index is -0.0220. The third kappa shape index (κ3) is 1.60. The Hall–Kier alpha value is -0.770. The van der Waals surface area contributed by atoms with Crippen molar-refractivity contribution in [3.05, 3.63) is 28.0 Å². The number of hydrogen-bond donors (Lipinski definition) is 2. The number of H-pyrrole nitrogens is 1. The molecule has 0 fully saturated rings. The van der Waals surface area contributed by atoms with Crippen LogP contribution in [0, 0.1) is 6.92 Å². The lowest BCUT2D eigenvalue weighted by atomic mass is 10.3. The fourth-order valence-corrected chi connectivity index (χ4v) is 0.573. The first-order valence-corrected chi connectivity index (χ1v) is 2.65. The zero-order chi connectivity index (χ0) is 6.85. The second-order valence-electron chi connectivity index (χ2n) is 1.88. The predicted molar refractivity (Wildman–Crippen MR) is 46.5 cm³/mol. The molecule has 4 heteroatoms. The Morgan fingerprint density at radius 1 is 1.60 bits per heavy atom. The highest BCUT2D eigenvalue weighted by atomic mass is 79.9. The van der Waals surface area contributed by atoms with Crippen LogP contribution in [-0.2, 0) is 0 Å². The summed E-state index contributed by atoms with van der Waals surface area (Å²) in [5.74, 6) is 0.447. The summed E-state index contributed by atoms with van der Waals surface area (Å²) in [4.78, 5) is 13.5. The zero-order valence-corrected chi connectivity index (χ0v) is 7.26. The van der Waals surface area contributed by atoms with Crippen molar-refractivity contribution in [2.45, 2.75) is 6.92 Å². The molecule has 10 heavy (non-hydrogen) atoms. The third-order valence-electron chi connectivity index (χ3n) is 1.25. The van der Waals surface area contributed by atoms with E-state index >= 15 is 0 Å². The van der Waals surface area contributed by atoms with E-state index in [1.54, 1.807) is 6.92 Å². The van der Waals surface area contributed by atoms with Crippen molar-refractivity contribution in [3.8, 4) is 0 Å². The summed E-state index contributed by atoms with van der Waals surface area (Å²) >= 11 is 0. The molecule has 0 bridgehead atoms. The van der Waals surface area contributed by atoms with Crippen molar-refractivity contribution in [1.29, 1.82) is 0 Å². The van der Waals surface area contributed by atoms with Gasteiger partial charge in [-0.3, -0.25) is 4.79 Å². The molecule has 0 amide bonds. The van der Waals surface area contributed by atoms with Gasteiger partial charge >= 0.3 is 0 Å². The van der Waals surface area contributed by atoms with Gasteiger partial charge in [0.15, 0.2) is 5.43 Å². The molecule has 1 aromatic heterocycles. The van der Waals surface area contributed by atoms with Gasteiger partial charge in [-0.1, -0.05) is 0 Å². The molecule has 0 saturated heterocycles. The van der Waals surface area contributed by atoms with Crippen molar-refractivity contribution >= 4 is 22.8 Å². The second kappa shape index (κ2) is 3.41. The first-order chi connectivity index (χ1) is 4.22. The van der Waals surface area contributed by atoms with Gasteiger partial charge in [0.2, 0.25) is 0 Å². The normalized spacial score (nSPS) is 8.50. The molecule has 1 rings (SSSR count). The lowest BCUT2D eigenvalue weighted by Gasteiger charge is -1.94. The van der Waals surface area contributed by atoms with Crippen molar-refractivity contribution in [3.63, 3.8) is 0 Å². The van der Waals surface area contributed by atoms with Crippen LogP contribution < -0.4 is 11.2 Å². The predicted octanol–water partition coefficient (Wildman–Crippen LogP) is 0.843. The van der Waals surface area contributed by atoms with Crippen LogP contribution in [0.4, 0.5) is 5.82 Å². The number of hydrogen-bond acceptors (Lipinski definition) is 2. The average Bonchev–Trinajstić information content (AvgIpc) is 1.83. The van der Waals surface area contributed by atoms with Gasteiger partial charge in [0.1, 0.15) is 5.82 Å². The van der Waals surface area contributed by atoms with E-state index in [9.17, 15) is 4.79 Å².